The van der Waals surface area contributed by atoms with E-state index < -0.39 is 6.10 Å². The van der Waals surface area contributed by atoms with Crippen LogP contribution in [0.15, 0.2) is 18.2 Å². The molecule has 1 aromatic rings. The van der Waals surface area contributed by atoms with Gasteiger partial charge in [-0.05, 0) is 37.5 Å². The van der Waals surface area contributed by atoms with Gasteiger partial charge < -0.3 is 14.9 Å². The van der Waals surface area contributed by atoms with Crippen LogP contribution in [0.1, 0.15) is 19.3 Å². The molecule has 2 atom stereocenters. The fraction of sp³-hybridized carbons (Fsp3) is 0.533. The minimum Gasteiger partial charge on any atom is -0.392 e. The number of fused-ring (bicyclic) bond motifs is 1. The highest BCUT2D eigenvalue weighted by molar-refractivity contribution is 5.99. The predicted molar refractivity (Wildman–Crippen MR) is 75.4 cm³/mol. The topological polar surface area (TPSA) is 43.8 Å². The van der Waals surface area contributed by atoms with Gasteiger partial charge in [0, 0.05) is 20.1 Å². The molecule has 0 saturated heterocycles. The number of aliphatic hydroxyl groups is 1. The van der Waals surface area contributed by atoms with Gasteiger partial charge in [-0.1, -0.05) is 0 Å². The molecule has 3 rings (SSSR count). The van der Waals surface area contributed by atoms with E-state index in [0.29, 0.717) is 19.5 Å². The van der Waals surface area contributed by atoms with Gasteiger partial charge in [-0.2, -0.15) is 0 Å². The maximum absolute atomic E-state index is 13.4. The third-order valence-electron chi connectivity index (χ3n) is 4.36. The number of likely N-dealkylation sites (N-methyl/N-ethyl adjacent to an activating group) is 1. The molecule has 20 heavy (non-hydrogen) atoms. The van der Waals surface area contributed by atoms with Crippen molar-refractivity contribution >= 4 is 17.3 Å². The normalized spacial score (nSPS) is 25.8. The van der Waals surface area contributed by atoms with Crippen LogP contribution in [-0.4, -0.2) is 37.3 Å². The van der Waals surface area contributed by atoms with Gasteiger partial charge in [0.2, 0.25) is 5.91 Å². The van der Waals surface area contributed by atoms with Crippen LogP contribution in [0.4, 0.5) is 15.8 Å². The molecule has 4 nitrogen and oxygen atoms in total. The first-order valence-electron chi connectivity index (χ1n) is 7.08. The largest absolute Gasteiger partial charge is 0.392 e. The smallest absolute Gasteiger partial charge is 0.232 e. The Kier molecular flexibility index (Phi) is 3.38. The lowest BCUT2D eigenvalue weighted by atomic mass is 10.0. The maximum atomic E-state index is 13.4. The van der Waals surface area contributed by atoms with Crippen LogP contribution >= 0.6 is 0 Å². The number of nitrogens with zero attached hydrogens (tertiary/aromatic N) is 2. The molecule has 1 saturated carbocycles. The van der Waals surface area contributed by atoms with E-state index in [9.17, 15) is 14.3 Å². The number of carbonyl (C=O) groups is 1. The first-order valence-corrected chi connectivity index (χ1v) is 7.08. The van der Waals surface area contributed by atoms with E-state index in [0.717, 1.165) is 24.2 Å². The highest BCUT2D eigenvalue weighted by atomic mass is 19.1. The average molecular weight is 278 g/mol. The Morgan fingerprint density at radius 1 is 1.30 bits per heavy atom. The van der Waals surface area contributed by atoms with E-state index >= 15 is 0 Å². The predicted octanol–water partition coefficient (Wildman–Crippen LogP) is 1.77. The number of carbonyl (C=O) groups excluding carboxylic acids is 1. The molecule has 1 fully saturated rings. The van der Waals surface area contributed by atoms with Crippen molar-refractivity contribution in [2.75, 3.05) is 29.9 Å². The number of aliphatic hydroxyl groups excluding tert-OH is 1. The lowest BCUT2D eigenvalue weighted by Gasteiger charge is -2.37. The van der Waals surface area contributed by atoms with Crippen LogP contribution in [0.2, 0.25) is 0 Å². The van der Waals surface area contributed by atoms with Gasteiger partial charge >= 0.3 is 0 Å². The monoisotopic (exact) mass is 278 g/mol. The van der Waals surface area contributed by atoms with E-state index in [1.54, 1.807) is 11.0 Å². The molecule has 2 unspecified atom stereocenters. The third-order valence-corrected chi connectivity index (χ3v) is 4.36. The number of amides is 1. The molecule has 1 aromatic carbocycles. The van der Waals surface area contributed by atoms with Gasteiger partial charge in [0.25, 0.3) is 0 Å². The Balaban J connectivity index is 1.92. The van der Waals surface area contributed by atoms with Crippen LogP contribution in [0.3, 0.4) is 0 Å². The van der Waals surface area contributed by atoms with Crippen LogP contribution in [-0.2, 0) is 4.79 Å². The SMILES string of the molecule is CN1CCN(C(=O)C2CCCC2O)c2ccc(F)cc21. The molecule has 0 bridgehead atoms. The second kappa shape index (κ2) is 5.05. The Bertz CT molecular complexity index is 535. The molecule has 1 aliphatic carbocycles. The third kappa shape index (κ3) is 2.16. The van der Waals surface area contributed by atoms with Crippen molar-refractivity contribution in [1.82, 2.24) is 0 Å². The summed E-state index contributed by atoms with van der Waals surface area (Å²) in [4.78, 5) is 16.3. The lowest BCUT2D eigenvalue weighted by molar-refractivity contribution is -0.124. The Morgan fingerprint density at radius 2 is 2.10 bits per heavy atom. The first kappa shape index (κ1) is 13.4. The molecule has 0 radical (unpaired) electrons. The second-order valence-corrected chi connectivity index (χ2v) is 5.65. The van der Waals surface area contributed by atoms with Gasteiger partial charge in [0.1, 0.15) is 5.82 Å². The minimum absolute atomic E-state index is 0.0315. The van der Waals surface area contributed by atoms with Gasteiger partial charge in [-0.15, -0.1) is 0 Å². The van der Waals surface area contributed by atoms with Crippen LogP contribution in [0.5, 0.6) is 0 Å². The summed E-state index contributed by atoms with van der Waals surface area (Å²) < 4.78 is 13.4. The van der Waals surface area contributed by atoms with Crippen molar-refractivity contribution < 1.29 is 14.3 Å². The average Bonchev–Trinajstić information content (AvgIpc) is 2.85. The van der Waals surface area contributed by atoms with E-state index in [1.807, 2.05) is 11.9 Å². The molecule has 5 heteroatoms. The van der Waals surface area contributed by atoms with E-state index in [4.69, 9.17) is 0 Å². The molecule has 1 heterocycles. The van der Waals surface area contributed by atoms with Crippen LogP contribution in [0.25, 0.3) is 0 Å². The molecule has 0 aromatic heterocycles. The van der Waals surface area contributed by atoms with Crippen molar-refractivity contribution in [3.8, 4) is 0 Å². The summed E-state index contributed by atoms with van der Waals surface area (Å²) >= 11 is 0. The molecular weight excluding hydrogens is 259 g/mol. The number of rotatable bonds is 1. The number of anilines is 2. The molecule has 108 valence electrons. The maximum Gasteiger partial charge on any atom is 0.232 e. The number of halogens is 1. The fourth-order valence-electron chi connectivity index (χ4n) is 3.18. The van der Waals surface area contributed by atoms with Gasteiger partial charge in [0.15, 0.2) is 0 Å². The highest BCUT2D eigenvalue weighted by Crippen LogP contribution is 2.36. The number of hydrogen-bond donors (Lipinski definition) is 1. The summed E-state index contributed by atoms with van der Waals surface area (Å²) in [7, 11) is 1.89. The number of benzene rings is 1. The summed E-state index contributed by atoms with van der Waals surface area (Å²) in [5, 5.41) is 9.92. The molecule has 1 N–H and O–H groups in total. The Hall–Kier alpha value is -1.62. The highest BCUT2D eigenvalue weighted by Gasteiger charge is 2.36. The van der Waals surface area contributed by atoms with Gasteiger partial charge in [0.05, 0.1) is 23.4 Å². The standard InChI is InChI=1S/C15H19FN2O2/c1-17-7-8-18(12-6-5-10(16)9-13(12)17)15(20)11-3-2-4-14(11)19/h5-6,9,11,14,19H,2-4,7-8H2,1H3. The Labute approximate surface area is 117 Å². The van der Waals surface area contributed by atoms with E-state index in [1.165, 1.54) is 12.1 Å². The first-order chi connectivity index (χ1) is 9.58. The number of hydrogen-bond acceptors (Lipinski definition) is 3. The Morgan fingerprint density at radius 3 is 2.80 bits per heavy atom. The summed E-state index contributed by atoms with van der Waals surface area (Å²) in [5.41, 5.74) is 1.47. The zero-order valence-corrected chi connectivity index (χ0v) is 11.6. The summed E-state index contributed by atoms with van der Waals surface area (Å²) in [6.45, 7) is 1.25. The molecule has 0 spiro atoms. The zero-order chi connectivity index (χ0) is 14.3. The van der Waals surface area contributed by atoms with Crippen LogP contribution in [0, 0.1) is 11.7 Å². The molecule has 1 amide bonds. The minimum atomic E-state index is -0.536. The van der Waals surface area contributed by atoms with Crippen molar-refractivity contribution in [1.29, 1.82) is 0 Å². The molecule has 1 aliphatic heterocycles. The van der Waals surface area contributed by atoms with Crippen molar-refractivity contribution in [2.24, 2.45) is 5.92 Å². The quantitative estimate of drug-likeness (QED) is 0.851. The van der Waals surface area contributed by atoms with Crippen molar-refractivity contribution in [3.05, 3.63) is 24.0 Å². The van der Waals surface area contributed by atoms with E-state index in [-0.39, 0.29) is 17.6 Å². The summed E-state index contributed by atoms with van der Waals surface area (Å²) in [5.74, 6) is -0.641. The van der Waals surface area contributed by atoms with Crippen LogP contribution < -0.4 is 9.80 Å². The second-order valence-electron chi connectivity index (χ2n) is 5.65. The lowest BCUT2D eigenvalue weighted by Crippen LogP contribution is -2.46. The van der Waals surface area contributed by atoms with E-state index in [2.05, 4.69) is 0 Å². The van der Waals surface area contributed by atoms with Crippen molar-refractivity contribution in [3.63, 3.8) is 0 Å². The van der Waals surface area contributed by atoms with Crippen molar-refractivity contribution in [2.45, 2.75) is 25.4 Å². The molecule has 2 aliphatic rings. The summed E-state index contributed by atoms with van der Waals surface area (Å²) in [6, 6.07) is 4.49. The fourth-order valence-corrected chi connectivity index (χ4v) is 3.18. The summed E-state index contributed by atoms with van der Waals surface area (Å²) in [6.07, 6.45) is 1.79. The van der Waals surface area contributed by atoms with Gasteiger partial charge in [-0.25, -0.2) is 4.39 Å². The molecular formula is C15H19FN2O2. The van der Waals surface area contributed by atoms with Gasteiger partial charge in [-0.3, -0.25) is 4.79 Å². The zero-order valence-electron chi connectivity index (χ0n) is 11.6.